The van der Waals surface area contributed by atoms with Crippen molar-refractivity contribution in [2.75, 3.05) is 4.90 Å². The summed E-state index contributed by atoms with van der Waals surface area (Å²) in [7, 11) is 0. The van der Waals surface area contributed by atoms with Crippen molar-refractivity contribution in [3.63, 3.8) is 0 Å². The minimum atomic E-state index is -0.669. The van der Waals surface area contributed by atoms with Gasteiger partial charge in [0, 0.05) is 33.4 Å². The second-order valence-electron chi connectivity index (χ2n) is 19.1. The molecule has 2 nitrogen and oxygen atoms in total. The van der Waals surface area contributed by atoms with Crippen molar-refractivity contribution in [1.29, 1.82) is 0 Å². The van der Waals surface area contributed by atoms with Crippen LogP contribution in [0.25, 0.3) is 60.9 Å². The minimum absolute atomic E-state index is 0.602. The number of hydrogen-bond acceptors (Lipinski definition) is 1. The van der Waals surface area contributed by atoms with Crippen molar-refractivity contribution in [3.05, 3.63) is 311 Å². The third kappa shape index (κ3) is 5.07. The van der Waals surface area contributed by atoms with Gasteiger partial charge in [-0.15, -0.1) is 0 Å². The molecule has 3 aliphatic rings. The fraction of sp³-hybridized carbons (Fsp3) is 0.0294. The molecule has 0 unspecified atom stereocenters. The average molecular weight is 889 g/mol. The highest BCUT2D eigenvalue weighted by atomic mass is 15.1. The molecule has 11 aromatic carbocycles. The van der Waals surface area contributed by atoms with E-state index in [1.54, 1.807) is 0 Å². The molecule has 0 fully saturated rings. The summed E-state index contributed by atoms with van der Waals surface area (Å²) in [6, 6.07) is 100. The second kappa shape index (κ2) is 14.8. The van der Waals surface area contributed by atoms with E-state index in [0.29, 0.717) is 0 Å². The number of anilines is 3. The third-order valence-corrected chi connectivity index (χ3v) is 15.8. The highest BCUT2D eigenvalue weighted by Crippen LogP contribution is 2.69. The fourth-order valence-corrected chi connectivity index (χ4v) is 13.3. The van der Waals surface area contributed by atoms with Crippen LogP contribution in [0, 0.1) is 0 Å². The number of rotatable bonds is 5. The van der Waals surface area contributed by atoms with Crippen LogP contribution in [-0.2, 0) is 10.8 Å². The summed E-state index contributed by atoms with van der Waals surface area (Å²) in [5.41, 5.74) is 23.6. The maximum Gasteiger partial charge on any atom is 0.0740 e. The SMILES string of the molecule is c1ccc(-c2cccc(-n3c4ccccc4c4ccc(N(c5ccccc5)c5cccc6c5C5(c7ccccc7-c7ccccc75)c5ccccc5C65c6ccccc6-c6ccccc65)cc43)c2)cc1. The molecule has 0 saturated carbocycles. The van der Waals surface area contributed by atoms with Crippen molar-refractivity contribution in [1.82, 2.24) is 4.57 Å². The zero-order valence-electron chi connectivity index (χ0n) is 38.3. The van der Waals surface area contributed by atoms with Crippen LogP contribution in [0.2, 0.25) is 0 Å². The molecule has 1 heterocycles. The van der Waals surface area contributed by atoms with Gasteiger partial charge in [0.25, 0.3) is 0 Å². The first-order chi connectivity index (χ1) is 34.8. The molecule has 0 amide bonds. The molecule has 3 aliphatic carbocycles. The van der Waals surface area contributed by atoms with E-state index in [1.165, 1.54) is 94.2 Å². The normalized spacial score (nSPS) is 13.9. The number of benzene rings is 11. The molecule has 12 aromatic rings. The first-order valence-corrected chi connectivity index (χ1v) is 24.4. The molecule has 0 radical (unpaired) electrons. The van der Waals surface area contributed by atoms with E-state index in [2.05, 4.69) is 276 Å². The molecule has 15 rings (SSSR count). The molecule has 0 saturated heterocycles. The van der Waals surface area contributed by atoms with Crippen LogP contribution in [0.5, 0.6) is 0 Å². The Morgan fingerprint density at radius 1 is 0.286 bits per heavy atom. The van der Waals surface area contributed by atoms with Gasteiger partial charge in [0.2, 0.25) is 0 Å². The van der Waals surface area contributed by atoms with Gasteiger partial charge in [-0.25, -0.2) is 0 Å². The van der Waals surface area contributed by atoms with E-state index in [4.69, 9.17) is 0 Å². The Hall–Kier alpha value is -8.98. The number of para-hydroxylation sites is 2. The third-order valence-electron chi connectivity index (χ3n) is 15.8. The van der Waals surface area contributed by atoms with Gasteiger partial charge in [-0.05, 0) is 121 Å². The predicted molar refractivity (Wildman–Crippen MR) is 289 cm³/mol. The Morgan fingerprint density at radius 3 is 1.40 bits per heavy atom. The van der Waals surface area contributed by atoms with Gasteiger partial charge in [-0.1, -0.05) is 218 Å². The lowest BCUT2D eigenvalue weighted by Crippen LogP contribution is -2.44. The standard InChI is InChI=1S/C68H44N2/c1-3-21-45(22-4-1)46-23-19-26-48(43-46)70-63-39-18-11-31-54(63)55-42-41-49(44-65(55)70)69(47-24-5-2-6-25-47)64-40-20-38-62-66(64)68(58-34-14-9-29-52(58)53-30-10-15-35-59(53)68)61-37-17-16-36-60(61)67(62)56-32-12-7-27-50(56)51-28-8-13-33-57(51)67/h1-44H. The summed E-state index contributed by atoms with van der Waals surface area (Å²) in [5.74, 6) is 0. The smallest absolute Gasteiger partial charge is 0.0740 e. The van der Waals surface area contributed by atoms with Gasteiger partial charge in [-0.2, -0.15) is 0 Å². The molecule has 2 spiro atoms. The summed E-state index contributed by atoms with van der Waals surface area (Å²) >= 11 is 0. The second-order valence-corrected chi connectivity index (χ2v) is 19.1. The van der Waals surface area contributed by atoms with E-state index < -0.39 is 10.8 Å². The molecule has 326 valence electrons. The molecule has 0 atom stereocenters. The Bertz CT molecular complexity index is 3990. The predicted octanol–water partition coefficient (Wildman–Crippen LogP) is 17.0. The summed E-state index contributed by atoms with van der Waals surface area (Å²) in [5, 5.41) is 2.45. The van der Waals surface area contributed by atoms with Crippen LogP contribution in [0.3, 0.4) is 0 Å². The Kier molecular flexibility index (Phi) is 8.24. The van der Waals surface area contributed by atoms with Crippen LogP contribution < -0.4 is 4.90 Å². The topological polar surface area (TPSA) is 8.17 Å². The zero-order valence-corrected chi connectivity index (χ0v) is 38.3. The maximum absolute atomic E-state index is 2.56. The Labute approximate surface area is 407 Å². The first-order valence-electron chi connectivity index (χ1n) is 24.4. The molecular formula is C68H44N2. The van der Waals surface area contributed by atoms with Crippen molar-refractivity contribution in [3.8, 4) is 39.1 Å². The molecule has 0 aliphatic heterocycles. The van der Waals surface area contributed by atoms with Crippen LogP contribution in [-0.4, -0.2) is 4.57 Å². The van der Waals surface area contributed by atoms with Crippen LogP contribution in [0.15, 0.2) is 267 Å². The van der Waals surface area contributed by atoms with E-state index in [9.17, 15) is 0 Å². The highest BCUT2D eigenvalue weighted by molar-refractivity contribution is 6.11. The van der Waals surface area contributed by atoms with Crippen molar-refractivity contribution >= 4 is 38.9 Å². The van der Waals surface area contributed by atoms with E-state index in [1.807, 2.05) is 0 Å². The zero-order chi connectivity index (χ0) is 46.0. The van der Waals surface area contributed by atoms with Crippen LogP contribution in [0.1, 0.15) is 44.5 Å². The Balaban J connectivity index is 1.08. The van der Waals surface area contributed by atoms with Crippen molar-refractivity contribution < 1.29 is 0 Å². The molecule has 70 heavy (non-hydrogen) atoms. The number of aromatic nitrogens is 1. The number of hydrogen-bond donors (Lipinski definition) is 0. The first kappa shape index (κ1) is 39.1. The largest absolute Gasteiger partial charge is 0.310 e. The van der Waals surface area contributed by atoms with E-state index >= 15 is 0 Å². The van der Waals surface area contributed by atoms with Gasteiger partial charge >= 0.3 is 0 Å². The molecule has 0 N–H and O–H groups in total. The van der Waals surface area contributed by atoms with E-state index in [0.717, 1.165) is 28.3 Å². The minimum Gasteiger partial charge on any atom is -0.310 e. The van der Waals surface area contributed by atoms with Gasteiger partial charge in [0.05, 0.1) is 27.6 Å². The summed E-state index contributed by atoms with van der Waals surface area (Å²) in [6.45, 7) is 0. The Morgan fingerprint density at radius 2 is 0.757 bits per heavy atom. The van der Waals surface area contributed by atoms with Crippen molar-refractivity contribution in [2.24, 2.45) is 0 Å². The lowest BCUT2D eigenvalue weighted by Gasteiger charge is -2.50. The summed E-state index contributed by atoms with van der Waals surface area (Å²) in [4.78, 5) is 2.56. The van der Waals surface area contributed by atoms with Gasteiger partial charge < -0.3 is 9.47 Å². The maximum atomic E-state index is 2.56. The van der Waals surface area contributed by atoms with E-state index in [-0.39, 0.29) is 0 Å². The quantitative estimate of drug-likeness (QED) is 0.167. The number of fused-ring (bicyclic) bond motifs is 19. The molecular weight excluding hydrogens is 845 g/mol. The molecule has 0 bridgehead atoms. The monoisotopic (exact) mass is 888 g/mol. The van der Waals surface area contributed by atoms with Gasteiger partial charge in [0.15, 0.2) is 0 Å². The van der Waals surface area contributed by atoms with Crippen molar-refractivity contribution in [2.45, 2.75) is 10.8 Å². The lowest BCUT2D eigenvalue weighted by atomic mass is 9.52. The highest BCUT2D eigenvalue weighted by Gasteiger charge is 2.60. The van der Waals surface area contributed by atoms with Crippen LogP contribution >= 0.6 is 0 Å². The molecule has 2 heteroatoms. The summed E-state index contributed by atoms with van der Waals surface area (Å²) in [6.07, 6.45) is 0. The fourth-order valence-electron chi connectivity index (χ4n) is 13.3. The average Bonchev–Trinajstić information content (AvgIpc) is 4.04. The number of nitrogens with zero attached hydrogens (tertiary/aromatic N) is 2. The lowest BCUT2D eigenvalue weighted by molar-refractivity contribution is 0.633. The van der Waals surface area contributed by atoms with Crippen LogP contribution in [0.4, 0.5) is 17.1 Å². The summed E-state index contributed by atoms with van der Waals surface area (Å²) < 4.78 is 2.47. The van der Waals surface area contributed by atoms with Gasteiger partial charge in [-0.3, -0.25) is 0 Å². The molecule has 1 aromatic heterocycles. The van der Waals surface area contributed by atoms with Gasteiger partial charge in [0.1, 0.15) is 0 Å².